The first-order valence-electron chi connectivity index (χ1n) is 9.57. The number of likely N-dealkylation sites (tertiary alicyclic amines) is 1. The third-order valence-corrected chi connectivity index (χ3v) is 5.60. The van der Waals surface area contributed by atoms with Crippen LogP contribution in [0.4, 0.5) is 0 Å². The maximum Gasteiger partial charge on any atom is 0.235 e. The lowest BCUT2D eigenvalue weighted by Gasteiger charge is -2.60. The monoisotopic (exact) mass is 368 g/mol. The first kappa shape index (κ1) is 18.2. The number of benzene rings is 3. The topological polar surface area (TPSA) is 32.7 Å². The fourth-order valence-corrected chi connectivity index (χ4v) is 4.07. The van der Waals surface area contributed by atoms with Gasteiger partial charge in [-0.25, -0.2) is 0 Å². The molecule has 1 heterocycles. The first-order chi connectivity index (χ1) is 13.6. The number of carbonyl (C=O) groups excluding carboxylic acids is 1. The van der Waals surface area contributed by atoms with Gasteiger partial charge < -0.3 is 4.90 Å². The number of rotatable bonds is 5. The number of aliphatic imine (C=N–C) groups is 1. The molecule has 3 aromatic rings. The molecule has 1 amide bonds. The quantitative estimate of drug-likeness (QED) is 0.459. The van der Waals surface area contributed by atoms with Crippen molar-refractivity contribution in [1.29, 1.82) is 0 Å². The van der Waals surface area contributed by atoms with Gasteiger partial charge in [-0.1, -0.05) is 91.0 Å². The molecule has 3 nitrogen and oxygen atoms in total. The van der Waals surface area contributed by atoms with Gasteiger partial charge in [0, 0.05) is 18.3 Å². The molecule has 1 aliphatic rings. The molecule has 0 aliphatic carbocycles. The molecule has 0 spiro atoms. The molecule has 0 N–H and O–H groups in total. The molecule has 1 aliphatic heterocycles. The Labute approximate surface area is 166 Å². The Morgan fingerprint density at radius 2 is 1.36 bits per heavy atom. The largest absolute Gasteiger partial charge is 0.308 e. The summed E-state index contributed by atoms with van der Waals surface area (Å²) in [5.74, 6) is 0.116. The SMILES string of the molecule is CC1(C)C(=O)N(Cc2ccccc2)C1(/N=C/c1ccccc1)c1ccccc1. The first-order valence-corrected chi connectivity index (χ1v) is 9.57. The van der Waals surface area contributed by atoms with Crippen molar-refractivity contribution in [3.05, 3.63) is 108 Å². The van der Waals surface area contributed by atoms with E-state index < -0.39 is 11.1 Å². The minimum Gasteiger partial charge on any atom is -0.308 e. The van der Waals surface area contributed by atoms with E-state index in [0.717, 1.165) is 16.7 Å². The normalized spacial score (nSPS) is 20.9. The second-order valence-electron chi connectivity index (χ2n) is 7.71. The molecule has 140 valence electrons. The zero-order chi connectivity index (χ0) is 19.6. The highest BCUT2D eigenvalue weighted by Gasteiger charge is 2.67. The summed E-state index contributed by atoms with van der Waals surface area (Å²) in [7, 11) is 0. The van der Waals surface area contributed by atoms with Gasteiger partial charge in [-0.3, -0.25) is 9.79 Å². The molecule has 1 saturated heterocycles. The molecule has 0 bridgehead atoms. The molecule has 0 saturated carbocycles. The minimum atomic E-state index is -0.739. The van der Waals surface area contributed by atoms with E-state index in [-0.39, 0.29) is 5.91 Å². The van der Waals surface area contributed by atoms with Gasteiger partial charge in [0.25, 0.3) is 0 Å². The van der Waals surface area contributed by atoms with Crippen LogP contribution in [0.5, 0.6) is 0 Å². The summed E-state index contributed by atoms with van der Waals surface area (Å²) in [6, 6.07) is 30.3. The van der Waals surface area contributed by atoms with Gasteiger partial charge in [0.15, 0.2) is 5.66 Å². The van der Waals surface area contributed by atoms with E-state index in [1.807, 2.05) is 91.7 Å². The molecular formula is C25H24N2O. The van der Waals surface area contributed by atoms with Crippen molar-refractivity contribution in [2.24, 2.45) is 10.4 Å². The number of nitrogens with zero attached hydrogens (tertiary/aromatic N) is 2. The lowest BCUT2D eigenvalue weighted by molar-refractivity contribution is -0.192. The maximum absolute atomic E-state index is 13.1. The van der Waals surface area contributed by atoms with Crippen LogP contribution in [0.15, 0.2) is 96.0 Å². The van der Waals surface area contributed by atoms with Crippen molar-refractivity contribution < 1.29 is 4.79 Å². The molecule has 28 heavy (non-hydrogen) atoms. The second-order valence-corrected chi connectivity index (χ2v) is 7.71. The Balaban J connectivity index is 1.82. The molecule has 1 unspecified atom stereocenters. The summed E-state index contributed by atoms with van der Waals surface area (Å²) >= 11 is 0. The maximum atomic E-state index is 13.1. The summed E-state index contributed by atoms with van der Waals surface area (Å²) < 4.78 is 0. The average Bonchev–Trinajstić information content (AvgIpc) is 2.75. The van der Waals surface area contributed by atoms with Gasteiger partial charge in [0.2, 0.25) is 5.91 Å². The van der Waals surface area contributed by atoms with Crippen molar-refractivity contribution in [2.75, 3.05) is 0 Å². The lowest BCUT2D eigenvalue weighted by atomic mass is 9.64. The number of β-lactam (4-membered cyclic amide) rings is 1. The van der Waals surface area contributed by atoms with Gasteiger partial charge in [-0.15, -0.1) is 0 Å². The highest BCUT2D eigenvalue weighted by molar-refractivity contribution is 5.93. The number of amides is 1. The Morgan fingerprint density at radius 3 is 1.96 bits per heavy atom. The van der Waals surface area contributed by atoms with Crippen LogP contribution in [-0.4, -0.2) is 17.0 Å². The van der Waals surface area contributed by atoms with Crippen LogP contribution < -0.4 is 0 Å². The van der Waals surface area contributed by atoms with Crippen LogP contribution in [-0.2, 0) is 17.0 Å². The van der Waals surface area contributed by atoms with Gasteiger partial charge in [0.1, 0.15) is 0 Å². The van der Waals surface area contributed by atoms with Crippen molar-refractivity contribution in [3.8, 4) is 0 Å². The van der Waals surface area contributed by atoms with E-state index in [4.69, 9.17) is 4.99 Å². The molecule has 1 fully saturated rings. The van der Waals surface area contributed by atoms with Gasteiger partial charge >= 0.3 is 0 Å². The van der Waals surface area contributed by atoms with Crippen molar-refractivity contribution in [2.45, 2.75) is 26.1 Å². The van der Waals surface area contributed by atoms with Gasteiger partial charge in [0.05, 0.1) is 5.41 Å². The second kappa shape index (κ2) is 7.08. The highest BCUT2D eigenvalue weighted by atomic mass is 16.2. The van der Waals surface area contributed by atoms with Gasteiger partial charge in [-0.05, 0) is 25.0 Å². The van der Waals surface area contributed by atoms with E-state index in [9.17, 15) is 4.79 Å². The number of carbonyl (C=O) groups is 1. The third-order valence-electron chi connectivity index (χ3n) is 5.60. The Bertz CT molecular complexity index is 981. The molecule has 3 aromatic carbocycles. The van der Waals surface area contributed by atoms with Crippen LogP contribution in [0.1, 0.15) is 30.5 Å². The third kappa shape index (κ3) is 2.84. The zero-order valence-electron chi connectivity index (χ0n) is 16.2. The van der Waals surface area contributed by atoms with Crippen LogP contribution in [0.2, 0.25) is 0 Å². The Kier molecular flexibility index (Phi) is 4.60. The lowest BCUT2D eigenvalue weighted by Crippen LogP contribution is -2.72. The summed E-state index contributed by atoms with van der Waals surface area (Å²) in [6.07, 6.45) is 1.89. The summed E-state index contributed by atoms with van der Waals surface area (Å²) in [4.78, 5) is 20.1. The fraction of sp³-hybridized carbons (Fsp3) is 0.200. The van der Waals surface area contributed by atoms with Gasteiger partial charge in [-0.2, -0.15) is 0 Å². The van der Waals surface area contributed by atoms with Crippen molar-refractivity contribution in [3.63, 3.8) is 0 Å². The zero-order valence-corrected chi connectivity index (χ0v) is 16.2. The molecular weight excluding hydrogens is 344 g/mol. The van der Waals surface area contributed by atoms with E-state index in [0.29, 0.717) is 6.54 Å². The van der Waals surface area contributed by atoms with Crippen molar-refractivity contribution in [1.82, 2.24) is 4.90 Å². The van der Waals surface area contributed by atoms with E-state index in [1.54, 1.807) is 0 Å². The summed E-state index contributed by atoms with van der Waals surface area (Å²) in [5.41, 5.74) is 1.78. The summed E-state index contributed by atoms with van der Waals surface area (Å²) in [5, 5.41) is 0. The summed E-state index contributed by atoms with van der Waals surface area (Å²) in [6.45, 7) is 4.52. The molecule has 0 radical (unpaired) electrons. The van der Waals surface area contributed by atoms with Crippen molar-refractivity contribution >= 4 is 12.1 Å². The minimum absolute atomic E-state index is 0.116. The van der Waals surface area contributed by atoms with E-state index in [2.05, 4.69) is 24.3 Å². The Hall–Kier alpha value is -3.20. The number of hydrogen-bond donors (Lipinski definition) is 0. The van der Waals surface area contributed by atoms with E-state index in [1.165, 1.54) is 0 Å². The molecule has 4 rings (SSSR count). The predicted molar refractivity (Wildman–Crippen MR) is 113 cm³/mol. The molecule has 0 aromatic heterocycles. The fourth-order valence-electron chi connectivity index (χ4n) is 4.07. The molecule has 3 heteroatoms. The van der Waals surface area contributed by atoms with Crippen LogP contribution in [0, 0.1) is 5.41 Å². The average molecular weight is 368 g/mol. The van der Waals surface area contributed by atoms with Crippen LogP contribution in [0.3, 0.4) is 0 Å². The van der Waals surface area contributed by atoms with E-state index >= 15 is 0 Å². The number of hydrogen-bond acceptors (Lipinski definition) is 2. The van der Waals surface area contributed by atoms with Crippen LogP contribution in [0.25, 0.3) is 0 Å². The van der Waals surface area contributed by atoms with Crippen LogP contribution >= 0.6 is 0 Å². The highest BCUT2D eigenvalue weighted by Crippen LogP contribution is 2.56. The predicted octanol–water partition coefficient (Wildman–Crippen LogP) is 5.03. The Morgan fingerprint density at radius 1 is 0.821 bits per heavy atom. The smallest absolute Gasteiger partial charge is 0.235 e. The molecule has 1 atom stereocenters. The standard InChI is InChI=1S/C25H24N2O/c1-24(2)23(28)27(19-21-14-8-4-9-15-21)25(24,22-16-10-5-11-17-22)26-18-20-12-6-3-7-13-20/h3-18H,19H2,1-2H3/b26-18+.